The molecule has 1 fully saturated rings. The molecule has 106 valence electrons. The molecular formula is C14H23N3O2. The lowest BCUT2D eigenvalue weighted by molar-refractivity contribution is -0.123. The van der Waals surface area contributed by atoms with Crippen molar-refractivity contribution in [2.45, 2.75) is 64.0 Å². The van der Waals surface area contributed by atoms with E-state index in [9.17, 15) is 4.79 Å². The molecule has 5 heteroatoms. The zero-order valence-electron chi connectivity index (χ0n) is 11.7. The number of oxazole rings is 1. The van der Waals surface area contributed by atoms with Crippen molar-refractivity contribution < 1.29 is 9.21 Å². The van der Waals surface area contributed by atoms with Crippen molar-refractivity contribution in [3.05, 3.63) is 17.8 Å². The maximum Gasteiger partial charge on any atom is 0.222 e. The number of nitrogens with two attached hydrogens (primary N) is 1. The van der Waals surface area contributed by atoms with Gasteiger partial charge >= 0.3 is 0 Å². The van der Waals surface area contributed by atoms with Crippen molar-refractivity contribution in [3.8, 4) is 0 Å². The highest BCUT2D eigenvalue weighted by Gasteiger charge is 2.30. The molecule has 2 rings (SSSR count). The van der Waals surface area contributed by atoms with E-state index in [1.54, 1.807) is 6.20 Å². The van der Waals surface area contributed by atoms with Crippen LogP contribution in [-0.2, 0) is 4.79 Å². The third kappa shape index (κ3) is 3.80. The molecule has 1 aromatic heterocycles. The Hall–Kier alpha value is -1.36. The zero-order valence-corrected chi connectivity index (χ0v) is 11.7. The van der Waals surface area contributed by atoms with Gasteiger partial charge in [0.05, 0.1) is 6.20 Å². The van der Waals surface area contributed by atoms with E-state index >= 15 is 0 Å². The van der Waals surface area contributed by atoms with Crippen molar-refractivity contribution in [2.24, 2.45) is 5.73 Å². The van der Waals surface area contributed by atoms with Crippen LogP contribution in [0.2, 0.25) is 0 Å². The number of nitrogens with one attached hydrogen (secondary N) is 1. The minimum atomic E-state index is -0.325. The van der Waals surface area contributed by atoms with Gasteiger partial charge in [-0.3, -0.25) is 4.79 Å². The predicted molar refractivity (Wildman–Crippen MR) is 72.4 cm³/mol. The molecule has 0 spiro atoms. The van der Waals surface area contributed by atoms with Crippen molar-refractivity contribution in [3.63, 3.8) is 0 Å². The Balaban J connectivity index is 1.87. The lowest BCUT2D eigenvalue weighted by Crippen LogP contribution is -2.46. The molecular weight excluding hydrogens is 242 g/mol. The standard InChI is InChI=1S/C14H23N3O2/c1-10-9-16-13(19-10)11(2)17-12(18)8-14(15)6-4-3-5-7-14/h9,11H,3-8,15H2,1-2H3,(H,17,18). The zero-order chi connectivity index (χ0) is 13.9. The lowest BCUT2D eigenvalue weighted by atomic mass is 9.80. The van der Waals surface area contributed by atoms with Gasteiger partial charge < -0.3 is 15.5 Å². The summed E-state index contributed by atoms with van der Waals surface area (Å²) in [6, 6.07) is -0.214. The molecule has 19 heavy (non-hydrogen) atoms. The van der Waals surface area contributed by atoms with E-state index in [4.69, 9.17) is 10.2 Å². The average molecular weight is 265 g/mol. The summed E-state index contributed by atoms with van der Waals surface area (Å²) in [7, 11) is 0. The number of aromatic nitrogens is 1. The van der Waals surface area contributed by atoms with Crippen LogP contribution in [-0.4, -0.2) is 16.4 Å². The van der Waals surface area contributed by atoms with Crippen LogP contribution < -0.4 is 11.1 Å². The van der Waals surface area contributed by atoms with Gasteiger partial charge in [-0.05, 0) is 26.7 Å². The molecule has 0 bridgehead atoms. The summed E-state index contributed by atoms with van der Waals surface area (Å²) in [5.74, 6) is 1.27. The van der Waals surface area contributed by atoms with Crippen molar-refractivity contribution >= 4 is 5.91 Å². The van der Waals surface area contributed by atoms with Gasteiger partial charge in [0.1, 0.15) is 11.8 Å². The van der Waals surface area contributed by atoms with Crippen LogP contribution in [0.25, 0.3) is 0 Å². The smallest absolute Gasteiger partial charge is 0.222 e. The molecule has 5 nitrogen and oxygen atoms in total. The van der Waals surface area contributed by atoms with E-state index in [0.717, 1.165) is 31.4 Å². The van der Waals surface area contributed by atoms with E-state index in [1.165, 1.54) is 6.42 Å². The van der Waals surface area contributed by atoms with Crippen LogP contribution in [0.15, 0.2) is 10.6 Å². The second-order valence-electron chi connectivity index (χ2n) is 5.70. The number of aryl methyl sites for hydroxylation is 1. The van der Waals surface area contributed by atoms with E-state index in [-0.39, 0.29) is 17.5 Å². The monoisotopic (exact) mass is 265 g/mol. The summed E-state index contributed by atoms with van der Waals surface area (Å²) in [6.45, 7) is 3.70. The van der Waals surface area contributed by atoms with E-state index in [1.807, 2.05) is 13.8 Å². The fourth-order valence-electron chi connectivity index (χ4n) is 2.68. The summed E-state index contributed by atoms with van der Waals surface area (Å²) < 4.78 is 5.40. The highest BCUT2D eigenvalue weighted by atomic mass is 16.4. The summed E-state index contributed by atoms with van der Waals surface area (Å²) in [5.41, 5.74) is 5.95. The Morgan fingerprint density at radius 3 is 2.79 bits per heavy atom. The minimum Gasteiger partial charge on any atom is -0.444 e. The molecule has 1 atom stereocenters. The third-order valence-corrected chi connectivity index (χ3v) is 3.75. The van der Waals surface area contributed by atoms with E-state index < -0.39 is 0 Å². The summed E-state index contributed by atoms with van der Waals surface area (Å²) in [6.07, 6.45) is 7.39. The first-order valence-corrected chi connectivity index (χ1v) is 6.99. The number of hydrogen-bond donors (Lipinski definition) is 2. The SMILES string of the molecule is Cc1cnc(C(C)NC(=O)CC2(N)CCCCC2)o1. The van der Waals surface area contributed by atoms with Crippen LogP contribution in [0, 0.1) is 6.92 Å². The van der Waals surface area contributed by atoms with Gasteiger partial charge in [0.15, 0.2) is 0 Å². The molecule has 0 radical (unpaired) electrons. The van der Waals surface area contributed by atoms with Crippen molar-refractivity contribution in [1.29, 1.82) is 0 Å². The van der Waals surface area contributed by atoms with Crippen molar-refractivity contribution in [2.75, 3.05) is 0 Å². The van der Waals surface area contributed by atoms with Crippen molar-refractivity contribution in [1.82, 2.24) is 10.3 Å². The molecule has 1 heterocycles. The molecule has 1 aromatic rings. The molecule has 1 unspecified atom stereocenters. The number of carbonyl (C=O) groups is 1. The predicted octanol–water partition coefficient (Wildman–Crippen LogP) is 2.21. The molecule has 1 saturated carbocycles. The summed E-state index contributed by atoms with van der Waals surface area (Å²) >= 11 is 0. The summed E-state index contributed by atoms with van der Waals surface area (Å²) in [5, 5.41) is 2.91. The molecule has 1 amide bonds. The number of amides is 1. The molecule has 1 aliphatic carbocycles. The Morgan fingerprint density at radius 1 is 1.53 bits per heavy atom. The lowest BCUT2D eigenvalue weighted by Gasteiger charge is -2.33. The van der Waals surface area contributed by atoms with Gasteiger partial charge in [0, 0.05) is 12.0 Å². The van der Waals surface area contributed by atoms with Crippen LogP contribution in [0.1, 0.15) is 63.1 Å². The first-order chi connectivity index (χ1) is 8.98. The Labute approximate surface area is 114 Å². The molecule has 3 N–H and O–H groups in total. The second-order valence-corrected chi connectivity index (χ2v) is 5.70. The fourth-order valence-corrected chi connectivity index (χ4v) is 2.68. The Morgan fingerprint density at radius 2 is 2.21 bits per heavy atom. The van der Waals surface area contributed by atoms with Crippen LogP contribution in [0.4, 0.5) is 0 Å². The third-order valence-electron chi connectivity index (χ3n) is 3.75. The fraction of sp³-hybridized carbons (Fsp3) is 0.714. The summed E-state index contributed by atoms with van der Waals surface area (Å²) in [4.78, 5) is 16.2. The number of nitrogens with zero attached hydrogens (tertiary/aromatic N) is 1. The normalized spacial score (nSPS) is 19.9. The molecule has 0 aliphatic heterocycles. The maximum absolute atomic E-state index is 12.0. The Kier molecular flexibility index (Phi) is 4.24. The van der Waals surface area contributed by atoms with Gasteiger partial charge in [-0.1, -0.05) is 19.3 Å². The maximum atomic E-state index is 12.0. The minimum absolute atomic E-state index is 0.0206. The second kappa shape index (κ2) is 5.74. The van der Waals surface area contributed by atoms with Gasteiger partial charge in [-0.2, -0.15) is 0 Å². The van der Waals surface area contributed by atoms with Crippen LogP contribution in [0.3, 0.4) is 0 Å². The largest absolute Gasteiger partial charge is 0.444 e. The molecule has 0 aromatic carbocycles. The first kappa shape index (κ1) is 14.1. The number of rotatable bonds is 4. The topological polar surface area (TPSA) is 81.2 Å². The quantitative estimate of drug-likeness (QED) is 0.874. The highest BCUT2D eigenvalue weighted by molar-refractivity contribution is 5.77. The number of carbonyl (C=O) groups excluding carboxylic acids is 1. The van der Waals surface area contributed by atoms with Gasteiger partial charge in [0.2, 0.25) is 11.8 Å². The highest BCUT2D eigenvalue weighted by Crippen LogP contribution is 2.28. The van der Waals surface area contributed by atoms with Crippen LogP contribution in [0.5, 0.6) is 0 Å². The van der Waals surface area contributed by atoms with Gasteiger partial charge in [-0.15, -0.1) is 0 Å². The number of hydrogen-bond acceptors (Lipinski definition) is 4. The van der Waals surface area contributed by atoms with E-state index in [0.29, 0.717) is 12.3 Å². The van der Waals surface area contributed by atoms with Crippen LogP contribution >= 0.6 is 0 Å². The van der Waals surface area contributed by atoms with Gasteiger partial charge in [0.25, 0.3) is 0 Å². The molecule has 0 saturated heterocycles. The van der Waals surface area contributed by atoms with Gasteiger partial charge in [-0.25, -0.2) is 4.98 Å². The first-order valence-electron chi connectivity index (χ1n) is 6.99. The molecule has 1 aliphatic rings. The Bertz CT molecular complexity index is 436. The van der Waals surface area contributed by atoms with E-state index in [2.05, 4.69) is 10.3 Å². The average Bonchev–Trinajstić information content (AvgIpc) is 2.76.